The molecule has 2 rings (SSSR count). The molecule has 0 bridgehead atoms. The lowest BCUT2D eigenvalue weighted by molar-refractivity contribution is -0.158. The molecule has 0 aromatic rings. The molecule has 20 heavy (non-hydrogen) atoms. The first-order valence-corrected chi connectivity index (χ1v) is 8.35. The van der Waals surface area contributed by atoms with Gasteiger partial charge in [-0.1, -0.05) is 0 Å². The Hall–Kier alpha value is -0.990. The molecule has 1 heterocycles. The van der Waals surface area contributed by atoms with Crippen molar-refractivity contribution in [2.45, 2.75) is 36.7 Å². The smallest absolute Gasteiger partial charge is 0.326 e. The molecule has 0 spiro atoms. The molecule has 116 valence electrons. The van der Waals surface area contributed by atoms with Crippen molar-refractivity contribution in [3.63, 3.8) is 0 Å². The van der Waals surface area contributed by atoms with Crippen LogP contribution in [0.25, 0.3) is 0 Å². The molecule has 9 heteroatoms. The van der Waals surface area contributed by atoms with Gasteiger partial charge >= 0.3 is 12.2 Å². The zero-order valence-corrected chi connectivity index (χ0v) is 11.8. The number of carbonyl (C=O) groups excluding carboxylic acids is 1. The van der Waals surface area contributed by atoms with Crippen LogP contribution >= 0.6 is 0 Å². The third-order valence-electron chi connectivity index (χ3n) is 3.76. The molecule has 2 atom stereocenters. The first kappa shape index (κ1) is 15.4. The molecule has 2 aliphatic rings. The van der Waals surface area contributed by atoms with Gasteiger partial charge in [-0.15, -0.1) is 0 Å². The highest BCUT2D eigenvalue weighted by Crippen LogP contribution is 2.40. The fourth-order valence-corrected chi connectivity index (χ4v) is 3.37. The average molecular weight is 314 g/mol. The van der Waals surface area contributed by atoms with Gasteiger partial charge in [-0.25, -0.2) is 13.2 Å². The van der Waals surface area contributed by atoms with E-state index in [9.17, 15) is 26.4 Å². The van der Waals surface area contributed by atoms with Crippen LogP contribution in [0.3, 0.4) is 0 Å². The number of hydrogen-bond acceptors (Lipinski definition) is 3. The van der Waals surface area contributed by atoms with E-state index < -0.39 is 39.3 Å². The molecule has 0 aromatic carbocycles. The van der Waals surface area contributed by atoms with Crippen molar-refractivity contribution in [2.24, 2.45) is 5.92 Å². The Bertz CT molecular complexity index is 488. The summed E-state index contributed by atoms with van der Waals surface area (Å²) in [5, 5.41) is 1.32. The summed E-state index contributed by atoms with van der Waals surface area (Å²) in [6, 6.07) is -2.65. The van der Waals surface area contributed by atoms with Crippen LogP contribution in [0.15, 0.2) is 0 Å². The van der Waals surface area contributed by atoms with Crippen molar-refractivity contribution in [3.05, 3.63) is 0 Å². The number of urea groups is 1. The molecule has 5 nitrogen and oxygen atoms in total. The highest BCUT2D eigenvalue weighted by Gasteiger charge is 2.50. The Morgan fingerprint density at radius 3 is 2.30 bits per heavy atom. The number of hydrogen-bond donors (Lipinski definition) is 1. The maximum absolute atomic E-state index is 12.8. The van der Waals surface area contributed by atoms with Gasteiger partial charge in [0.15, 0.2) is 9.84 Å². The number of nitrogens with zero attached hydrogens (tertiary/aromatic N) is 1. The van der Waals surface area contributed by atoms with E-state index in [2.05, 4.69) is 0 Å². The number of likely N-dealkylation sites (tertiary alicyclic amines) is 1. The van der Waals surface area contributed by atoms with Gasteiger partial charge < -0.3 is 10.2 Å². The van der Waals surface area contributed by atoms with E-state index >= 15 is 0 Å². The topological polar surface area (TPSA) is 66.5 Å². The SMILES string of the molecule is CS(=O)(=O)C1CCN(C(=O)NC(C2CC2)C(F)(F)F)C1. The van der Waals surface area contributed by atoms with E-state index in [-0.39, 0.29) is 19.5 Å². The second-order valence-electron chi connectivity index (χ2n) is 5.49. The predicted molar refractivity (Wildman–Crippen MR) is 65.9 cm³/mol. The molecule has 1 saturated carbocycles. The molecular weight excluding hydrogens is 297 g/mol. The van der Waals surface area contributed by atoms with Crippen LogP contribution < -0.4 is 5.32 Å². The largest absolute Gasteiger partial charge is 0.408 e. The maximum Gasteiger partial charge on any atom is 0.408 e. The zero-order valence-electron chi connectivity index (χ0n) is 11.0. The minimum absolute atomic E-state index is 0.0418. The average Bonchev–Trinajstić information content (AvgIpc) is 2.97. The second-order valence-corrected chi connectivity index (χ2v) is 7.82. The highest BCUT2D eigenvalue weighted by atomic mass is 32.2. The van der Waals surface area contributed by atoms with Crippen LogP contribution in [0.1, 0.15) is 19.3 Å². The van der Waals surface area contributed by atoms with Crippen LogP contribution in [0.4, 0.5) is 18.0 Å². The van der Waals surface area contributed by atoms with Crippen molar-refractivity contribution in [1.82, 2.24) is 10.2 Å². The number of halogens is 3. The lowest BCUT2D eigenvalue weighted by Crippen LogP contribution is -2.51. The molecule has 1 saturated heterocycles. The summed E-state index contributed by atoms with van der Waals surface area (Å²) < 4.78 is 61.1. The Labute approximate surface area is 115 Å². The Kier molecular flexibility index (Phi) is 3.92. The van der Waals surface area contributed by atoms with Gasteiger partial charge in [0.05, 0.1) is 5.25 Å². The molecule has 0 aromatic heterocycles. The van der Waals surface area contributed by atoms with Crippen molar-refractivity contribution in [3.8, 4) is 0 Å². The number of carbonyl (C=O) groups is 1. The van der Waals surface area contributed by atoms with Gasteiger partial charge in [0.2, 0.25) is 0 Å². The highest BCUT2D eigenvalue weighted by molar-refractivity contribution is 7.91. The Morgan fingerprint density at radius 1 is 1.30 bits per heavy atom. The monoisotopic (exact) mass is 314 g/mol. The number of rotatable bonds is 3. The Balaban J connectivity index is 1.95. The van der Waals surface area contributed by atoms with E-state index in [4.69, 9.17) is 0 Å². The zero-order chi connectivity index (χ0) is 15.1. The van der Waals surface area contributed by atoms with Crippen LogP contribution in [0.2, 0.25) is 0 Å². The lowest BCUT2D eigenvalue weighted by Gasteiger charge is -2.25. The minimum atomic E-state index is -4.47. The van der Waals surface area contributed by atoms with Crippen molar-refractivity contribution >= 4 is 15.9 Å². The third kappa shape index (κ3) is 3.56. The molecule has 1 aliphatic carbocycles. The third-order valence-corrected chi connectivity index (χ3v) is 5.36. The fraction of sp³-hybridized carbons (Fsp3) is 0.909. The molecule has 1 aliphatic heterocycles. The van der Waals surface area contributed by atoms with Crippen LogP contribution in [-0.2, 0) is 9.84 Å². The second kappa shape index (κ2) is 5.09. The first-order chi connectivity index (χ1) is 9.09. The summed E-state index contributed by atoms with van der Waals surface area (Å²) in [7, 11) is -3.27. The van der Waals surface area contributed by atoms with E-state index in [0.29, 0.717) is 12.8 Å². The molecule has 2 unspecified atom stereocenters. The Morgan fingerprint density at radius 2 is 1.90 bits per heavy atom. The maximum atomic E-state index is 12.8. The summed E-state index contributed by atoms with van der Waals surface area (Å²) in [6.07, 6.45) is -2.21. The van der Waals surface area contributed by atoms with Crippen LogP contribution in [-0.4, -0.2) is 56.2 Å². The molecule has 2 fully saturated rings. The van der Waals surface area contributed by atoms with Crippen LogP contribution in [0, 0.1) is 5.92 Å². The number of alkyl halides is 3. The predicted octanol–water partition coefficient (Wildman–Crippen LogP) is 1.16. The summed E-state index contributed by atoms with van der Waals surface area (Å²) in [5.41, 5.74) is 0. The summed E-state index contributed by atoms with van der Waals surface area (Å²) >= 11 is 0. The van der Waals surface area contributed by atoms with Gasteiger partial charge in [-0.3, -0.25) is 0 Å². The first-order valence-electron chi connectivity index (χ1n) is 6.40. The van der Waals surface area contributed by atoms with Gasteiger partial charge in [-0.2, -0.15) is 13.2 Å². The van der Waals surface area contributed by atoms with Gasteiger partial charge in [0.25, 0.3) is 0 Å². The molecule has 1 N–H and O–H groups in total. The van der Waals surface area contributed by atoms with Gasteiger partial charge in [0, 0.05) is 19.3 Å². The minimum Gasteiger partial charge on any atom is -0.326 e. The lowest BCUT2D eigenvalue weighted by atomic mass is 10.2. The van der Waals surface area contributed by atoms with Crippen molar-refractivity contribution < 1.29 is 26.4 Å². The van der Waals surface area contributed by atoms with E-state index in [1.165, 1.54) is 0 Å². The quantitative estimate of drug-likeness (QED) is 0.850. The van der Waals surface area contributed by atoms with E-state index in [0.717, 1.165) is 11.2 Å². The summed E-state index contributed by atoms with van der Waals surface area (Å²) in [4.78, 5) is 13.0. The van der Waals surface area contributed by atoms with Crippen molar-refractivity contribution in [2.75, 3.05) is 19.3 Å². The standard InChI is InChI=1S/C11H17F3N2O3S/c1-20(18,19)8-4-5-16(6-8)10(17)15-9(7-2-3-7)11(12,13)14/h7-9H,2-6H2,1H3,(H,15,17). The van der Waals surface area contributed by atoms with Gasteiger partial charge in [0.1, 0.15) is 6.04 Å². The van der Waals surface area contributed by atoms with Gasteiger partial charge in [-0.05, 0) is 25.2 Å². The van der Waals surface area contributed by atoms with E-state index in [1.807, 2.05) is 5.32 Å². The number of sulfone groups is 1. The molecule has 2 amide bonds. The molecule has 0 radical (unpaired) electrons. The fourth-order valence-electron chi connectivity index (χ4n) is 2.38. The van der Waals surface area contributed by atoms with Crippen LogP contribution in [0.5, 0.6) is 0 Å². The molecular formula is C11H17F3N2O3S. The number of amides is 2. The van der Waals surface area contributed by atoms with E-state index in [1.54, 1.807) is 0 Å². The normalized spacial score (nSPS) is 25.6. The van der Waals surface area contributed by atoms with Crippen molar-refractivity contribution in [1.29, 1.82) is 0 Å². The summed E-state index contributed by atoms with van der Waals surface area (Å²) in [6.45, 7) is 0.124. The number of nitrogens with one attached hydrogen (secondary N) is 1. The summed E-state index contributed by atoms with van der Waals surface area (Å²) in [5.74, 6) is -0.549.